The molecule has 1 aliphatic heterocycles. The minimum absolute atomic E-state index is 0.0429. The monoisotopic (exact) mass is 428 g/mol. The van der Waals surface area contributed by atoms with Crippen LogP contribution in [0.4, 0.5) is 0 Å². The normalized spacial score (nSPS) is 15.1. The van der Waals surface area contributed by atoms with Crippen molar-refractivity contribution in [3.8, 4) is 11.3 Å². The Morgan fingerprint density at radius 3 is 2.60 bits per heavy atom. The predicted molar refractivity (Wildman–Crippen MR) is 107 cm³/mol. The Bertz CT molecular complexity index is 1120. The second-order valence-corrected chi connectivity index (χ2v) is 8.54. The third kappa shape index (κ3) is 4.43. The van der Waals surface area contributed by atoms with Crippen LogP contribution >= 0.6 is 0 Å². The largest absolute Gasteiger partial charge is 0.452 e. The minimum atomic E-state index is -3.70. The van der Waals surface area contributed by atoms with E-state index in [9.17, 15) is 13.2 Å². The van der Waals surface area contributed by atoms with Crippen molar-refractivity contribution in [2.45, 2.75) is 11.5 Å². The highest BCUT2D eigenvalue weighted by Gasteiger charge is 2.27. The summed E-state index contributed by atoms with van der Waals surface area (Å²) in [6.07, 6.45) is 1.56. The quantitative estimate of drug-likeness (QED) is 0.557. The number of esters is 1. The third-order valence-electron chi connectivity index (χ3n) is 4.62. The number of oxazole rings is 1. The van der Waals surface area contributed by atoms with E-state index in [0.29, 0.717) is 19.0 Å². The van der Waals surface area contributed by atoms with Gasteiger partial charge < -0.3 is 13.9 Å². The molecule has 4 rings (SSSR count). The molecule has 1 fully saturated rings. The Kier molecular flexibility index (Phi) is 5.93. The number of carbonyl (C=O) groups is 1. The van der Waals surface area contributed by atoms with Crippen LogP contribution in [-0.4, -0.2) is 50.0 Å². The number of rotatable bonds is 6. The van der Waals surface area contributed by atoms with Crippen molar-refractivity contribution in [2.24, 2.45) is 0 Å². The molecule has 30 heavy (non-hydrogen) atoms. The molecule has 0 N–H and O–H groups in total. The standard InChI is InChI=1S/C21H20N2O6S/c24-21(28-15-20-22-14-19(29-20)16-5-2-1-3-6-16)17-7-4-8-18(13-17)30(25,26)23-9-11-27-12-10-23/h1-8,13-14H,9-12,15H2. The third-order valence-corrected chi connectivity index (χ3v) is 6.51. The van der Waals surface area contributed by atoms with Crippen molar-refractivity contribution < 1.29 is 27.1 Å². The van der Waals surface area contributed by atoms with Gasteiger partial charge in [-0.1, -0.05) is 36.4 Å². The fraction of sp³-hybridized carbons (Fsp3) is 0.238. The summed E-state index contributed by atoms with van der Waals surface area (Å²) in [5.41, 5.74) is 1.00. The molecule has 0 spiro atoms. The summed E-state index contributed by atoms with van der Waals surface area (Å²) in [4.78, 5) is 16.6. The van der Waals surface area contributed by atoms with Crippen molar-refractivity contribution in [2.75, 3.05) is 26.3 Å². The average Bonchev–Trinajstić information content (AvgIpc) is 3.28. The highest BCUT2D eigenvalue weighted by molar-refractivity contribution is 7.89. The molecule has 0 amide bonds. The van der Waals surface area contributed by atoms with Crippen LogP contribution < -0.4 is 0 Å². The summed E-state index contributed by atoms with van der Waals surface area (Å²) in [7, 11) is -3.70. The number of hydrogen-bond acceptors (Lipinski definition) is 7. The summed E-state index contributed by atoms with van der Waals surface area (Å²) in [6, 6.07) is 15.2. The van der Waals surface area contributed by atoms with E-state index >= 15 is 0 Å². The van der Waals surface area contributed by atoms with Crippen LogP contribution in [0.5, 0.6) is 0 Å². The number of nitrogens with zero attached hydrogens (tertiary/aromatic N) is 2. The number of sulfonamides is 1. The van der Waals surface area contributed by atoms with Gasteiger partial charge in [0.25, 0.3) is 0 Å². The molecule has 0 saturated carbocycles. The van der Waals surface area contributed by atoms with Gasteiger partial charge in [-0.05, 0) is 18.2 Å². The van der Waals surface area contributed by atoms with Crippen molar-refractivity contribution >= 4 is 16.0 Å². The zero-order valence-corrected chi connectivity index (χ0v) is 16.9. The maximum atomic E-state index is 12.8. The predicted octanol–water partition coefficient (Wildman–Crippen LogP) is 2.72. The maximum absolute atomic E-state index is 12.8. The first-order valence-corrected chi connectivity index (χ1v) is 10.8. The van der Waals surface area contributed by atoms with E-state index < -0.39 is 16.0 Å². The molecule has 1 aliphatic rings. The van der Waals surface area contributed by atoms with Gasteiger partial charge in [0.15, 0.2) is 12.4 Å². The number of ether oxygens (including phenoxy) is 2. The first-order chi connectivity index (χ1) is 14.5. The van der Waals surface area contributed by atoms with Gasteiger partial charge in [-0.15, -0.1) is 0 Å². The molecule has 0 atom stereocenters. The summed E-state index contributed by atoms with van der Waals surface area (Å²) in [5.74, 6) is 0.160. The van der Waals surface area contributed by atoms with Gasteiger partial charge in [-0.2, -0.15) is 4.31 Å². The lowest BCUT2D eigenvalue weighted by Crippen LogP contribution is -2.40. The molecule has 9 heteroatoms. The van der Waals surface area contributed by atoms with Crippen LogP contribution in [0.1, 0.15) is 16.2 Å². The lowest BCUT2D eigenvalue weighted by molar-refractivity contribution is 0.0438. The topological polar surface area (TPSA) is 98.9 Å². The van der Waals surface area contributed by atoms with E-state index in [0.717, 1.165) is 5.56 Å². The molecule has 0 unspecified atom stereocenters. The summed E-state index contributed by atoms with van der Waals surface area (Å²) in [5, 5.41) is 0. The SMILES string of the molecule is O=C(OCc1ncc(-c2ccccc2)o1)c1cccc(S(=O)(=O)N2CCOCC2)c1. The van der Waals surface area contributed by atoms with Crippen molar-refractivity contribution in [1.82, 2.24) is 9.29 Å². The van der Waals surface area contributed by atoms with E-state index in [4.69, 9.17) is 13.9 Å². The fourth-order valence-electron chi connectivity index (χ4n) is 3.04. The smallest absolute Gasteiger partial charge is 0.338 e. The van der Waals surface area contributed by atoms with Crippen LogP contribution in [0, 0.1) is 0 Å². The van der Waals surface area contributed by atoms with Crippen LogP contribution in [0.15, 0.2) is 70.1 Å². The summed E-state index contributed by atoms with van der Waals surface area (Å²) >= 11 is 0. The highest BCUT2D eigenvalue weighted by Crippen LogP contribution is 2.21. The number of benzene rings is 2. The first kappa shape index (κ1) is 20.3. The molecule has 2 heterocycles. The molecular formula is C21H20N2O6S. The number of aromatic nitrogens is 1. The molecule has 1 aromatic heterocycles. The average molecular weight is 428 g/mol. The summed E-state index contributed by atoms with van der Waals surface area (Å²) < 4.78 is 43.0. The van der Waals surface area contributed by atoms with Crippen LogP contribution in [0.3, 0.4) is 0 Å². The van der Waals surface area contributed by atoms with Crippen LogP contribution in [0.2, 0.25) is 0 Å². The van der Waals surface area contributed by atoms with Crippen molar-refractivity contribution in [1.29, 1.82) is 0 Å². The van der Waals surface area contributed by atoms with Gasteiger partial charge in [0.1, 0.15) is 0 Å². The number of carbonyl (C=O) groups excluding carboxylic acids is 1. The van der Waals surface area contributed by atoms with Crippen molar-refractivity contribution in [3.63, 3.8) is 0 Å². The van der Waals surface area contributed by atoms with Crippen molar-refractivity contribution in [3.05, 3.63) is 72.2 Å². The van der Waals surface area contributed by atoms with Gasteiger partial charge in [0, 0.05) is 18.7 Å². The van der Waals surface area contributed by atoms with E-state index in [1.807, 2.05) is 30.3 Å². The molecular weight excluding hydrogens is 408 g/mol. The number of morpholine rings is 1. The Morgan fingerprint density at radius 1 is 1.07 bits per heavy atom. The molecule has 156 valence electrons. The molecule has 0 bridgehead atoms. The van der Waals surface area contributed by atoms with E-state index in [1.54, 1.807) is 6.20 Å². The Hall–Kier alpha value is -3.01. The van der Waals surface area contributed by atoms with E-state index in [1.165, 1.54) is 28.6 Å². The second kappa shape index (κ2) is 8.78. The summed E-state index contributed by atoms with van der Waals surface area (Å²) in [6.45, 7) is 1.10. The van der Waals surface area contributed by atoms with Gasteiger partial charge >= 0.3 is 5.97 Å². The fourth-order valence-corrected chi connectivity index (χ4v) is 4.50. The highest BCUT2D eigenvalue weighted by atomic mass is 32.2. The Labute approximate surface area is 174 Å². The van der Waals surface area contributed by atoms with Crippen LogP contribution in [0.25, 0.3) is 11.3 Å². The molecule has 0 radical (unpaired) electrons. The first-order valence-electron chi connectivity index (χ1n) is 9.39. The van der Waals surface area contributed by atoms with Gasteiger partial charge in [0.05, 0.1) is 29.9 Å². The second-order valence-electron chi connectivity index (χ2n) is 6.60. The van der Waals surface area contributed by atoms with Crippen LogP contribution in [-0.2, 0) is 26.1 Å². The van der Waals surface area contributed by atoms with Gasteiger partial charge in [-0.3, -0.25) is 0 Å². The van der Waals surface area contributed by atoms with E-state index in [2.05, 4.69) is 4.98 Å². The molecule has 1 saturated heterocycles. The minimum Gasteiger partial charge on any atom is -0.452 e. The Morgan fingerprint density at radius 2 is 1.83 bits per heavy atom. The zero-order valence-electron chi connectivity index (χ0n) is 16.1. The maximum Gasteiger partial charge on any atom is 0.338 e. The number of hydrogen-bond donors (Lipinski definition) is 0. The Balaban J connectivity index is 1.43. The molecule has 0 aliphatic carbocycles. The van der Waals surface area contributed by atoms with Gasteiger partial charge in [0.2, 0.25) is 15.9 Å². The molecule has 3 aromatic rings. The lowest BCUT2D eigenvalue weighted by Gasteiger charge is -2.26. The molecule has 8 nitrogen and oxygen atoms in total. The van der Waals surface area contributed by atoms with E-state index in [-0.39, 0.29) is 36.0 Å². The van der Waals surface area contributed by atoms with Gasteiger partial charge in [-0.25, -0.2) is 18.2 Å². The molecule has 2 aromatic carbocycles. The zero-order chi connectivity index (χ0) is 21.0. The lowest BCUT2D eigenvalue weighted by atomic mass is 10.2.